The summed E-state index contributed by atoms with van der Waals surface area (Å²) >= 11 is 0. The summed E-state index contributed by atoms with van der Waals surface area (Å²) in [5.41, 5.74) is 1.21. The molecule has 0 aromatic heterocycles. The Balaban J connectivity index is 1.98. The van der Waals surface area contributed by atoms with Crippen LogP contribution in [0.25, 0.3) is 0 Å². The van der Waals surface area contributed by atoms with Crippen LogP contribution in [0.2, 0.25) is 0 Å². The predicted octanol–water partition coefficient (Wildman–Crippen LogP) is 2.68. The van der Waals surface area contributed by atoms with E-state index in [0.717, 1.165) is 31.5 Å². The predicted molar refractivity (Wildman–Crippen MR) is 95.0 cm³/mol. The van der Waals surface area contributed by atoms with Gasteiger partial charge in [-0.3, -0.25) is 0 Å². The lowest BCUT2D eigenvalue weighted by atomic mass is 9.74. The molecule has 24 heavy (non-hydrogen) atoms. The third-order valence-electron chi connectivity index (χ3n) is 5.22. The minimum Gasteiger partial charge on any atom is -0.450 e. The molecule has 3 atom stereocenters. The van der Waals surface area contributed by atoms with E-state index in [1.54, 1.807) is 0 Å². The van der Waals surface area contributed by atoms with Crippen LogP contribution in [0.4, 0.5) is 0 Å². The molecule has 0 saturated carbocycles. The third-order valence-corrected chi connectivity index (χ3v) is 5.22. The number of rotatable bonds is 4. The Hall–Kier alpha value is -2.13. The molecule has 1 aliphatic heterocycles. The molecule has 3 rings (SSSR count). The van der Waals surface area contributed by atoms with Crippen LogP contribution in [0.3, 0.4) is 0 Å². The summed E-state index contributed by atoms with van der Waals surface area (Å²) in [4.78, 5) is 14.3. The third kappa shape index (κ3) is 3.22. The molecule has 0 aliphatic carbocycles. The average Bonchev–Trinajstić information content (AvgIpc) is 2.64. The summed E-state index contributed by atoms with van der Waals surface area (Å²) < 4.78 is 6.25. The molecule has 0 amide bonds. The number of ether oxygens (including phenoxy) is 1. The molecule has 1 unspecified atom stereocenters. The highest BCUT2D eigenvalue weighted by atomic mass is 16.6. The van der Waals surface area contributed by atoms with Crippen LogP contribution in [0.5, 0.6) is 0 Å². The van der Waals surface area contributed by atoms with Crippen molar-refractivity contribution in [1.82, 2.24) is 0 Å². The van der Waals surface area contributed by atoms with Gasteiger partial charge in [-0.05, 0) is 24.1 Å². The van der Waals surface area contributed by atoms with Crippen LogP contribution in [-0.2, 0) is 10.3 Å². The fourth-order valence-electron chi connectivity index (χ4n) is 3.86. The highest BCUT2D eigenvalue weighted by Crippen LogP contribution is 2.40. The van der Waals surface area contributed by atoms with Crippen molar-refractivity contribution in [2.45, 2.75) is 25.4 Å². The Morgan fingerprint density at radius 2 is 1.75 bits per heavy atom. The maximum Gasteiger partial charge on any atom is 0.339 e. The molecule has 1 heterocycles. The van der Waals surface area contributed by atoms with Gasteiger partial charge in [-0.2, -0.15) is 0 Å². The number of piperidine rings is 1. The van der Waals surface area contributed by atoms with Gasteiger partial charge in [0, 0.05) is 6.42 Å². The van der Waals surface area contributed by atoms with Gasteiger partial charge in [0.05, 0.1) is 31.6 Å². The summed E-state index contributed by atoms with van der Waals surface area (Å²) in [5.74, 6) is 0.0961. The standard InChI is InChI=1S/C21H25NO2/c1-3-18-16-22(2)15-14-21(18,19-12-8-5-9-13-19)24-20(23)17-10-6-4-7-11-17/h4-13,18H,3,14-16H2,1-2H3/p+1/t18-,21+/m0/s1. The number of nitrogens with one attached hydrogen (secondary N) is 1. The van der Waals surface area contributed by atoms with Crippen LogP contribution in [0, 0.1) is 5.92 Å². The molecule has 1 fully saturated rings. The molecule has 0 bridgehead atoms. The van der Waals surface area contributed by atoms with E-state index in [1.165, 1.54) is 4.90 Å². The number of benzene rings is 2. The smallest absolute Gasteiger partial charge is 0.339 e. The SMILES string of the molecule is CC[C@H]1C[NH+](C)CC[C@]1(OC(=O)c1ccccc1)c1ccccc1. The zero-order valence-corrected chi connectivity index (χ0v) is 14.5. The zero-order valence-electron chi connectivity index (χ0n) is 14.5. The second-order valence-electron chi connectivity index (χ2n) is 6.78. The van der Waals surface area contributed by atoms with Crippen LogP contribution >= 0.6 is 0 Å². The second kappa shape index (κ2) is 7.18. The fraction of sp³-hybridized carbons (Fsp3) is 0.381. The Morgan fingerprint density at radius 3 is 2.38 bits per heavy atom. The summed E-state index contributed by atoms with van der Waals surface area (Å²) in [6.07, 6.45) is 1.86. The van der Waals surface area contributed by atoms with Gasteiger partial charge in [-0.25, -0.2) is 4.79 Å². The molecule has 2 aromatic rings. The number of esters is 1. The van der Waals surface area contributed by atoms with Crippen molar-refractivity contribution in [2.75, 3.05) is 20.1 Å². The van der Waals surface area contributed by atoms with Crippen molar-refractivity contribution in [3.05, 3.63) is 71.8 Å². The van der Waals surface area contributed by atoms with Crippen molar-refractivity contribution in [2.24, 2.45) is 5.92 Å². The molecule has 0 spiro atoms. The quantitative estimate of drug-likeness (QED) is 0.877. The van der Waals surface area contributed by atoms with Gasteiger partial charge in [0.2, 0.25) is 0 Å². The molecule has 1 aliphatic rings. The summed E-state index contributed by atoms with van der Waals surface area (Å²) in [6, 6.07) is 19.6. The fourth-order valence-corrected chi connectivity index (χ4v) is 3.86. The number of carbonyl (C=O) groups excluding carboxylic acids is 1. The maximum absolute atomic E-state index is 12.8. The first-order valence-electron chi connectivity index (χ1n) is 8.81. The maximum atomic E-state index is 12.8. The van der Waals surface area contributed by atoms with E-state index in [2.05, 4.69) is 26.1 Å². The van der Waals surface area contributed by atoms with E-state index >= 15 is 0 Å². The van der Waals surface area contributed by atoms with Gasteiger partial charge >= 0.3 is 5.97 Å². The summed E-state index contributed by atoms with van der Waals surface area (Å²) in [6.45, 7) is 4.22. The van der Waals surface area contributed by atoms with Gasteiger partial charge in [0.25, 0.3) is 0 Å². The van der Waals surface area contributed by atoms with Crippen LogP contribution in [-0.4, -0.2) is 26.1 Å². The topological polar surface area (TPSA) is 30.7 Å². The highest BCUT2D eigenvalue weighted by Gasteiger charge is 2.48. The zero-order chi connectivity index (χ0) is 17.0. The highest BCUT2D eigenvalue weighted by molar-refractivity contribution is 5.89. The van der Waals surface area contributed by atoms with Gasteiger partial charge in [-0.15, -0.1) is 0 Å². The van der Waals surface area contributed by atoms with E-state index < -0.39 is 5.60 Å². The summed E-state index contributed by atoms with van der Waals surface area (Å²) in [5, 5.41) is 0. The number of hydrogen-bond donors (Lipinski definition) is 1. The number of carbonyl (C=O) groups is 1. The van der Waals surface area contributed by atoms with Crippen molar-refractivity contribution in [1.29, 1.82) is 0 Å². The molecule has 126 valence electrons. The van der Waals surface area contributed by atoms with Gasteiger partial charge in [0.1, 0.15) is 0 Å². The normalized spacial score (nSPS) is 26.8. The molecule has 0 radical (unpaired) electrons. The van der Waals surface area contributed by atoms with Gasteiger partial charge < -0.3 is 9.64 Å². The molecular formula is C21H26NO2+. The van der Waals surface area contributed by atoms with E-state index in [4.69, 9.17) is 4.74 Å². The van der Waals surface area contributed by atoms with Gasteiger partial charge in [0.15, 0.2) is 5.60 Å². The lowest BCUT2D eigenvalue weighted by molar-refractivity contribution is -0.892. The van der Waals surface area contributed by atoms with E-state index in [0.29, 0.717) is 11.5 Å². The van der Waals surface area contributed by atoms with Crippen molar-refractivity contribution >= 4 is 5.97 Å². The lowest BCUT2D eigenvalue weighted by Gasteiger charge is -2.44. The first kappa shape index (κ1) is 16.7. The first-order chi connectivity index (χ1) is 11.7. The number of likely N-dealkylation sites (tertiary alicyclic amines) is 1. The Labute approximate surface area is 144 Å². The van der Waals surface area contributed by atoms with E-state index in [1.807, 2.05) is 48.5 Å². The largest absolute Gasteiger partial charge is 0.450 e. The molecular weight excluding hydrogens is 298 g/mol. The van der Waals surface area contributed by atoms with Gasteiger partial charge in [-0.1, -0.05) is 55.5 Å². The lowest BCUT2D eigenvalue weighted by Crippen LogP contribution is -3.11. The second-order valence-corrected chi connectivity index (χ2v) is 6.78. The van der Waals surface area contributed by atoms with Crippen LogP contribution in [0.15, 0.2) is 60.7 Å². The molecule has 3 nitrogen and oxygen atoms in total. The van der Waals surface area contributed by atoms with Crippen LogP contribution in [0.1, 0.15) is 35.7 Å². The van der Waals surface area contributed by atoms with Crippen LogP contribution < -0.4 is 4.90 Å². The monoisotopic (exact) mass is 324 g/mol. The Morgan fingerprint density at radius 1 is 1.12 bits per heavy atom. The van der Waals surface area contributed by atoms with Crippen molar-refractivity contribution in [3.63, 3.8) is 0 Å². The summed E-state index contributed by atoms with van der Waals surface area (Å²) in [7, 11) is 2.22. The minimum atomic E-state index is -0.525. The van der Waals surface area contributed by atoms with E-state index in [-0.39, 0.29) is 5.97 Å². The molecule has 1 saturated heterocycles. The molecule has 1 N–H and O–H groups in total. The Bertz CT molecular complexity index is 671. The average molecular weight is 324 g/mol. The molecule has 2 aromatic carbocycles. The first-order valence-corrected chi connectivity index (χ1v) is 8.81. The molecule has 3 heteroatoms. The van der Waals surface area contributed by atoms with Crippen molar-refractivity contribution < 1.29 is 14.4 Å². The number of hydrogen-bond acceptors (Lipinski definition) is 2. The van der Waals surface area contributed by atoms with Crippen molar-refractivity contribution in [3.8, 4) is 0 Å². The Kier molecular flexibility index (Phi) is 5.00. The number of quaternary nitrogens is 1. The van der Waals surface area contributed by atoms with E-state index in [9.17, 15) is 4.79 Å². The minimum absolute atomic E-state index is 0.225.